The molecule has 1 fully saturated rings. The molecule has 1 amide bonds. The van der Waals surface area contributed by atoms with Crippen molar-refractivity contribution >= 4 is 11.6 Å². The van der Waals surface area contributed by atoms with Gasteiger partial charge in [-0.15, -0.1) is 0 Å². The Morgan fingerprint density at radius 2 is 2.00 bits per heavy atom. The van der Waals surface area contributed by atoms with Gasteiger partial charge < -0.3 is 15.4 Å². The van der Waals surface area contributed by atoms with E-state index >= 15 is 0 Å². The predicted octanol–water partition coefficient (Wildman–Crippen LogP) is 1.78. The monoisotopic (exact) mass is 234 g/mol. The highest BCUT2D eigenvalue weighted by molar-refractivity contribution is 5.92. The molecule has 0 aromatic heterocycles. The normalized spacial score (nSPS) is 16.4. The molecule has 2 rings (SSSR count). The van der Waals surface area contributed by atoms with Gasteiger partial charge in [-0.25, -0.2) is 0 Å². The molecule has 1 saturated carbocycles. The van der Waals surface area contributed by atoms with Gasteiger partial charge in [0.15, 0.2) is 0 Å². The van der Waals surface area contributed by atoms with Crippen LogP contribution in [0.15, 0.2) is 24.3 Å². The topological polar surface area (TPSA) is 50.4 Å². The summed E-state index contributed by atoms with van der Waals surface area (Å²) in [6.07, 6.45) is 2.31. The molecule has 1 aliphatic carbocycles. The summed E-state index contributed by atoms with van der Waals surface area (Å²) in [6.45, 7) is 2.50. The molecule has 1 aromatic carbocycles. The lowest BCUT2D eigenvalue weighted by molar-refractivity contribution is -0.115. The molecule has 0 saturated heterocycles. The van der Waals surface area contributed by atoms with E-state index in [1.165, 1.54) is 0 Å². The standard InChI is InChI=1S/C13H18N2O2/c1-13(7-8-13)14-9-12(16)15-10-3-5-11(17-2)6-4-10/h3-6,14H,7-9H2,1-2H3,(H,15,16). The Labute approximate surface area is 101 Å². The van der Waals surface area contributed by atoms with Crippen LogP contribution in [0.2, 0.25) is 0 Å². The molecule has 2 N–H and O–H groups in total. The third-order valence-electron chi connectivity index (χ3n) is 3.05. The van der Waals surface area contributed by atoms with Crippen LogP contribution in [-0.4, -0.2) is 25.1 Å². The van der Waals surface area contributed by atoms with Gasteiger partial charge in [0.25, 0.3) is 0 Å². The Kier molecular flexibility index (Phi) is 3.33. The van der Waals surface area contributed by atoms with Crippen molar-refractivity contribution in [3.63, 3.8) is 0 Å². The highest BCUT2D eigenvalue weighted by Crippen LogP contribution is 2.33. The number of hydrogen-bond donors (Lipinski definition) is 2. The maximum atomic E-state index is 11.6. The molecule has 0 spiro atoms. The van der Waals surface area contributed by atoms with Crippen LogP contribution in [0.4, 0.5) is 5.69 Å². The van der Waals surface area contributed by atoms with Gasteiger partial charge in [0.05, 0.1) is 13.7 Å². The van der Waals surface area contributed by atoms with Crippen molar-refractivity contribution < 1.29 is 9.53 Å². The minimum absolute atomic E-state index is 0.0108. The third kappa shape index (κ3) is 3.46. The van der Waals surface area contributed by atoms with Crippen molar-refractivity contribution in [2.24, 2.45) is 0 Å². The number of carbonyl (C=O) groups excluding carboxylic acids is 1. The van der Waals surface area contributed by atoms with Crippen molar-refractivity contribution in [1.29, 1.82) is 0 Å². The fourth-order valence-corrected chi connectivity index (χ4v) is 1.54. The number of benzene rings is 1. The van der Waals surface area contributed by atoms with Crippen LogP contribution in [0, 0.1) is 0 Å². The molecule has 0 heterocycles. The average molecular weight is 234 g/mol. The number of methoxy groups -OCH3 is 1. The summed E-state index contributed by atoms with van der Waals surface area (Å²) < 4.78 is 5.05. The first-order valence-electron chi connectivity index (χ1n) is 5.80. The first kappa shape index (κ1) is 11.9. The molecule has 17 heavy (non-hydrogen) atoms. The zero-order valence-electron chi connectivity index (χ0n) is 10.2. The molecule has 0 bridgehead atoms. The molecule has 4 nitrogen and oxygen atoms in total. The highest BCUT2D eigenvalue weighted by Gasteiger charge is 2.36. The minimum Gasteiger partial charge on any atom is -0.497 e. The van der Waals surface area contributed by atoms with Crippen LogP contribution in [0.3, 0.4) is 0 Å². The number of nitrogens with one attached hydrogen (secondary N) is 2. The molecule has 0 radical (unpaired) electrons. The van der Waals surface area contributed by atoms with E-state index < -0.39 is 0 Å². The molecule has 0 unspecified atom stereocenters. The van der Waals surface area contributed by atoms with E-state index in [2.05, 4.69) is 17.6 Å². The third-order valence-corrected chi connectivity index (χ3v) is 3.05. The van der Waals surface area contributed by atoms with E-state index in [-0.39, 0.29) is 11.4 Å². The first-order valence-corrected chi connectivity index (χ1v) is 5.80. The second kappa shape index (κ2) is 4.75. The lowest BCUT2D eigenvalue weighted by Gasteiger charge is -2.11. The van der Waals surface area contributed by atoms with Crippen LogP contribution < -0.4 is 15.4 Å². The molecular formula is C13H18N2O2. The molecule has 1 aliphatic rings. The number of amides is 1. The van der Waals surface area contributed by atoms with Crippen molar-refractivity contribution in [2.45, 2.75) is 25.3 Å². The Morgan fingerprint density at radius 1 is 1.35 bits per heavy atom. The van der Waals surface area contributed by atoms with Gasteiger partial charge in [-0.2, -0.15) is 0 Å². The van der Waals surface area contributed by atoms with Crippen molar-refractivity contribution in [3.05, 3.63) is 24.3 Å². The minimum atomic E-state index is -0.0108. The second-order valence-electron chi connectivity index (χ2n) is 4.69. The summed E-state index contributed by atoms with van der Waals surface area (Å²) in [5.41, 5.74) is 0.982. The van der Waals surface area contributed by atoms with Gasteiger partial charge in [-0.3, -0.25) is 4.79 Å². The SMILES string of the molecule is COc1ccc(NC(=O)CNC2(C)CC2)cc1. The Morgan fingerprint density at radius 3 is 2.53 bits per heavy atom. The van der Waals surface area contributed by atoms with Crippen LogP contribution in [0.5, 0.6) is 5.75 Å². The summed E-state index contributed by atoms with van der Waals surface area (Å²) in [5, 5.41) is 6.08. The smallest absolute Gasteiger partial charge is 0.238 e. The molecule has 1 aromatic rings. The highest BCUT2D eigenvalue weighted by atomic mass is 16.5. The zero-order chi connectivity index (χ0) is 12.3. The Balaban J connectivity index is 1.80. The summed E-state index contributed by atoms with van der Waals surface area (Å²) in [6, 6.07) is 7.31. The Bertz CT molecular complexity index is 396. The Hall–Kier alpha value is -1.55. The van der Waals surface area contributed by atoms with E-state index in [9.17, 15) is 4.79 Å². The summed E-state index contributed by atoms with van der Waals surface area (Å²) >= 11 is 0. The fraction of sp³-hybridized carbons (Fsp3) is 0.462. The van der Waals surface area contributed by atoms with Gasteiger partial charge >= 0.3 is 0 Å². The molecular weight excluding hydrogens is 216 g/mol. The largest absolute Gasteiger partial charge is 0.497 e. The lowest BCUT2D eigenvalue weighted by Crippen LogP contribution is -2.35. The first-order chi connectivity index (χ1) is 8.11. The van der Waals surface area contributed by atoms with Gasteiger partial charge in [0.1, 0.15) is 5.75 Å². The van der Waals surface area contributed by atoms with Gasteiger partial charge in [-0.05, 0) is 44.0 Å². The molecule has 4 heteroatoms. The number of anilines is 1. The van der Waals surface area contributed by atoms with Crippen molar-refractivity contribution in [2.75, 3.05) is 19.0 Å². The van der Waals surface area contributed by atoms with E-state index in [4.69, 9.17) is 4.74 Å². The lowest BCUT2D eigenvalue weighted by atomic mass is 10.3. The van der Waals surface area contributed by atoms with Crippen LogP contribution in [-0.2, 0) is 4.79 Å². The number of carbonyl (C=O) groups is 1. The maximum absolute atomic E-state index is 11.6. The van der Waals surface area contributed by atoms with E-state index in [1.54, 1.807) is 7.11 Å². The molecule has 0 aliphatic heterocycles. The summed E-state index contributed by atoms with van der Waals surface area (Å²) in [7, 11) is 1.62. The van der Waals surface area contributed by atoms with Crippen molar-refractivity contribution in [1.82, 2.24) is 5.32 Å². The number of hydrogen-bond acceptors (Lipinski definition) is 3. The quantitative estimate of drug-likeness (QED) is 0.816. The average Bonchev–Trinajstić information content (AvgIpc) is 3.07. The van der Waals surface area contributed by atoms with E-state index in [0.717, 1.165) is 24.3 Å². The van der Waals surface area contributed by atoms with E-state index in [1.807, 2.05) is 24.3 Å². The van der Waals surface area contributed by atoms with Crippen LogP contribution in [0.25, 0.3) is 0 Å². The molecule has 92 valence electrons. The number of rotatable bonds is 5. The van der Waals surface area contributed by atoms with Gasteiger partial charge in [-0.1, -0.05) is 0 Å². The second-order valence-corrected chi connectivity index (χ2v) is 4.69. The summed E-state index contributed by atoms with van der Waals surface area (Å²) in [5.74, 6) is 0.773. The van der Waals surface area contributed by atoms with Gasteiger partial charge in [0, 0.05) is 11.2 Å². The van der Waals surface area contributed by atoms with Crippen LogP contribution in [0.1, 0.15) is 19.8 Å². The van der Waals surface area contributed by atoms with E-state index in [0.29, 0.717) is 6.54 Å². The number of ether oxygens (including phenoxy) is 1. The maximum Gasteiger partial charge on any atom is 0.238 e. The predicted molar refractivity (Wildman–Crippen MR) is 67.3 cm³/mol. The summed E-state index contributed by atoms with van der Waals surface area (Å²) in [4.78, 5) is 11.6. The van der Waals surface area contributed by atoms with Crippen LogP contribution >= 0.6 is 0 Å². The zero-order valence-corrected chi connectivity index (χ0v) is 10.2. The van der Waals surface area contributed by atoms with Gasteiger partial charge in [0.2, 0.25) is 5.91 Å². The molecule has 0 atom stereocenters. The fourth-order valence-electron chi connectivity index (χ4n) is 1.54. The van der Waals surface area contributed by atoms with Crippen molar-refractivity contribution in [3.8, 4) is 5.75 Å².